The van der Waals surface area contributed by atoms with E-state index in [0.717, 1.165) is 0 Å². The Hall–Kier alpha value is -1.02. The molecule has 1 aromatic rings. The van der Waals surface area contributed by atoms with Crippen molar-refractivity contribution in [3.8, 4) is 0 Å². The summed E-state index contributed by atoms with van der Waals surface area (Å²) >= 11 is 0. The molecule has 5 unspecified atom stereocenters. The lowest BCUT2D eigenvalue weighted by atomic mass is 10.0. The molecule has 0 saturated carbocycles. The molecule has 1 aliphatic heterocycles. The Morgan fingerprint density at radius 2 is 1.79 bits per heavy atom. The molecule has 0 aromatic heterocycles. The van der Waals surface area contributed by atoms with Gasteiger partial charge >= 0.3 is 0 Å². The summed E-state index contributed by atoms with van der Waals surface area (Å²) in [6.07, 6.45) is -5.12. The largest absolute Gasteiger partial charge is 0.394 e. The number of aliphatic hydroxyl groups is 4. The van der Waals surface area contributed by atoms with Gasteiger partial charge in [-0.15, -0.1) is 0 Å². The van der Waals surface area contributed by atoms with Crippen molar-refractivity contribution in [2.45, 2.75) is 30.7 Å². The van der Waals surface area contributed by atoms with Crippen molar-refractivity contribution in [2.24, 2.45) is 0 Å². The topological polar surface area (TPSA) is 99.4 Å². The molecule has 4 N–H and O–H groups in total. The minimum atomic E-state index is -1.24. The van der Waals surface area contributed by atoms with Gasteiger partial charge in [-0.25, -0.2) is 0 Å². The van der Waals surface area contributed by atoms with Gasteiger partial charge in [0.1, 0.15) is 24.4 Å². The first-order chi connectivity index (χ1) is 9.17. The van der Waals surface area contributed by atoms with Gasteiger partial charge < -0.3 is 29.9 Å². The maximum Gasteiger partial charge on any atom is 0.184 e. The molecule has 0 amide bonds. The Labute approximate surface area is 110 Å². The molecule has 1 aliphatic rings. The van der Waals surface area contributed by atoms with E-state index < -0.39 is 43.9 Å². The average Bonchev–Trinajstić information content (AvgIpc) is 2.47. The lowest BCUT2D eigenvalue weighted by molar-refractivity contribution is -0.310. The van der Waals surface area contributed by atoms with Crippen molar-refractivity contribution in [3.05, 3.63) is 35.9 Å². The van der Waals surface area contributed by atoms with Crippen LogP contribution in [0.2, 0.25) is 0 Å². The molecule has 0 radical (unpaired) electrons. The molecule has 2 rings (SSSR count). The third-order valence-electron chi connectivity index (χ3n) is 3.11. The fourth-order valence-electron chi connectivity index (χ4n) is 2.05. The van der Waals surface area contributed by atoms with E-state index in [4.69, 9.17) is 14.6 Å². The van der Waals surface area contributed by atoms with E-state index >= 15 is 0 Å². The van der Waals surface area contributed by atoms with E-state index in [9.17, 15) is 15.3 Å². The van der Waals surface area contributed by atoms with Crippen LogP contribution in [0.4, 0.5) is 0 Å². The van der Waals surface area contributed by atoms with Crippen LogP contribution in [0.3, 0.4) is 0 Å². The van der Waals surface area contributed by atoms with Gasteiger partial charge in [0, 0.05) is 5.56 Å². The second-order valence-corrected chi connectivity index (χ2v) is 4.44. The fraction of sp³-hybridized carbons (Fsp3) is 0.538. The van der Waals surface area contributed by atoms with Crippen LogP contribution in [0.1, 0.15) is 11.9 Å². The van der Waals surface area contributed by atoms with Gasteiger partial charge in [0.15, 0.2) is 6.29 Å². The molecule has 1 fully saturated rings. The molecule has 0 aliphatic carbocycles. The predicted octanol–water partition coefficient (Wildman–Crippen LogP) is -0.824. The minimum absolute atomic E-state index is 0.400. The normalized spacial score (nSPS) is 33.1. The third-order valence-corrected chi connectivity index (χ3v) is 3.11. The molecule has 106 valence electrons. The van der Waals surface area contributed by atoms with Crippen LogP contribution in [0.25, 0.3) is 0 Å². The summed E-state index contributed by atoms with van der Waals surface area (Å²) in [6.45, 7) is -0.941. The van der Waals surface area contributed by atoms with Crippen LogP contribution >= 0.6 is 0 Å². The summed E-state index contributed by atoms with van der Waals surface area (Å²) in [5, 5.41) is 37.8. The molecule has 5 atom stereocenters. The highest BCUT2D eigenvalue weighted by Gasteiger charge is 2.42. The zero-order valence-electron chi connectivity index (χ0n) is 10.3. The Kier molecular flexibility index (Phi) is 4.87. The van der Waals surface area contributed by atoms with E-state index in [-0.39, 0.29) is 0 Å². The van der Waals surface area contributed by atoms with Gasteiger partial charge in [0.2, 0.25) is 0 Å². The zero-order valence-corrected chi connectivity index (χ0v) is 10.3. The minimum Gasteiger partial charge on any atom is -0.394 e. The van der Waals surface area contributed by atoms with Crippen molar-refractivity contribution >= 4 is 0 Å². The van der Waals surface area contributed by atoms with E-state index in [2.05, 4.69) is 0 Å². The summed E-state index contributed by atoms with van der Waals surface area (Å²) in [7, 11) is 0. The molecule has 0 bridgehead atoms. The van der Waals surface area contributed by atoms with E-state index in [0.29, 0.717) is 5.56 Å². The van der Waals surface area contributed by atoms with Crippen LogP contribution in [-0.4, -0.2) is 58.1 Å². The second kappa shape index (κ2) is 6.42. The van der Waals surface area contributed by atoms with Crippen molar-refractivity contribution in [2.75, 3.05) is 13.2 Å². The molecular formula is C13H18O6. The maximum absolute atomic E-state index is 9.91. The summed E-state index contributed by atoms with van der Waals surface area (Å²) in [5.41, 5.74) is 0.711. The number of aliphatic hydroxyl groups excluding tert-OH is 4. The lowest BCUT2D eigenvalue weighted by Gasteiger charge is -2.40. The number of rotatable bonds is 4. The third kappa shape index (κ3) is 3.11. The molecule has 1 saturated heterocycles. The van der Waals surface area contributed by atoms with Crippen molar-refractivity contribution in [1.82, 2.24) is 0 Å². The van der Waals surface area contributed by atoms with Gasteiger partial charge in [0.25, 0.3) is 0 Å². The van der Waals surface area contributed by atoms with Gasteiger partial charge in [-0.2, -0.15) is 0 Å². The Morgan fingerprint density at radius 3 is 2.37 bits per heavy atom. The highest BCUT2D eigenvalue weighted by Crippen LogP contribution is 2.31. The summed E-state index contributed by atoms with van der Waals surface area (Å²) < 4.78 is 10.9. The molecule has 6 heteroatoms. The van der Waals surface area contributed by atoms with Crippen molar-refractivity contribution in [1.29, 1.82) is 0 Å². The van der Waals surface area contributed by atoms with Gasteiger partial charge in [-0.3, -0.25) is 0 Å². The highest BCUT2D eigenvalue weighted by molar-refractivity contribution is 5.16. The number of hydrogen-bond donors (Lipinski definition) is 4. The Bertz CT molecular complexity index is 384. The van der Waals surface area contributed by atoms with E-state index in [1.54, 1.807) is 24.3 Å². The number of ether oxygens (including phenoxy) is 2. The highest BCUT2D eigenvalue weighted by atomic mass is 16.7. The Balaban J connectivity index is 2.18. The van der Waals surface area contributed by atoms with Crippen LogP contribution in [0, 0.1) is 0 Å². The van der Waals surface area contributed by atoms with Crippen molar-refractivity contribution in [3.63, 3.8) is 0 Å². The van der Waals surface area contributed by atoms with E-state index in [1.807, 2.05) is 6.07 Å². The maximum atomic E-state index is 9.91. The van der Waals surface area contributed by atoms with E-state index in [1.165, 1.54) is 0 Å². The molecule has 1 aromatic carbocycles. The quantitative estimate of drug-likeness (QED) is 0.570. The molecule has 1 heterocycles. The standard InChI is InChI=1S/C13H18O6/c14-6-9(16)12-11(17)10(7-15)18-13(19-12)8-4-2-1-3-5-8/h1-5,9-17H,6-7H2. The molecule has 0 spiro atoms. The fourth-order valence-corrected chi connectivity index (χ4v) is 2.05. The first-order valence-corrected chi connectivity index (χ1v) is 6.11. The SMILES string of the molecule is OCC(O)C1OC(c2ccccc2)OC(CO)C1O. The lowest BCUT2D eigenvalue weighted by Crippen LogP contribution is -2.54. The van der Waals surface area contributed by atoms with Crippen molar-refractivity contribution < 1.29 is 29.9 Å². The van der Waals surface area contributed by atoms with Gasteiger partial charge in [0.05, 0.1) is 13.2 Å². The molecule has 19 heavy (non-hydrogen) atoms. The summed E-state index contributed by atoms with van der Waals surface area (Å²) in [6, 6.07) is 9.00. The first-order valence-electron chi connectivity index (χ1n) is 6.11. The van der Waals surface area contributed by atoms with Crippen LogP contribution in [0.15, 0.2) is 30.3 Å². The van der Waals surface area contributed by atoms with Gasteiger partial charge in [-0.1, -0.05) is 30.3 Å². The predicted molar refractivity (Wildman–Crippen MR) is 65.1 cm³/mol. The second-order valence-electron chi connectivity index (χ2n) is 4.44. The van der Waals surface area contributed by atoms with Gasteiger partial charge in [-0.05, 0) is 0 Å². The first kappa shape index (κ1) is 14.4. The average molecular weight is 270 g/mol. The Morgan fingerprint density at radius 1 is 1.11 bits per heavy atom. The van der Waals surface area contributed by atoms with Crippen LogP contribution in [0.5, 0.6) is 0 Å². The number of benzene rings is 1. The summed E-state index contributed by atoms with van der Waals surface area (Å²) in [5.74, 6) is 0. The monoisotopic (exact) mass is 270 g/mol. The number of hydrogen-bond acceptors (Lipinski definition) is 6. The van der Waals surface area contributed by atoms with Crippen LogP contribution in [-0.2, 0) is 9.47 Å². The summed E-state index contributed by atoms with van der Waals surface area (Å²) in [4.78, 5) is 0. The smallest absolute Gasteiger partial charge is 0.184 e. The zero-order chi connectivity index (χ0) is 13.8. The molecule has 6 nitrogen and oxygen atoms in total. The molecular weight excluding hydrogens is 252 g/mol. The van der Waals surface area contributed by atoms with Crippen LogP contribution < -0.4 is 0 Å².